The van der Waals surface area contributed by atoms with Gasteiger partial charge in [0.15, 0.2) is 0 Å². The van der Waals surface area contributed by atoms with Crippen molar-refractivity contribution in [1.29, 1.82) is 0 Å². The lowest BCUT2D eigenvalue weighted by Gasteiger charge is -1.96. The molecule has 0 spiro atoms. The van der Waals surface area contributed by atoms with Gasteiger partial charge in [-0.1, -0.05) is 18.5 Å². The Morgan fingerprint density at radius 3 is 2.87 bits per heavy atom. The van der Waals surface area contributed by atoms with Crippen LogP contribution in [0.3, 0.4) is 0 Å². The van der Waals surface area contributed by atoms with E-state index in [0.29, 0.717) is 16.3 Å². The lowest BCUT2D eigenvalue weighted by molar-refractivity contribution is 0.0701. The molecule has 0 saturated heterocycles. The van der Waals surface area contributed by atoms with Crippen LogP contribution in [-0.2, 0) is 6.42 Å². The van der Waals surface area contributed by atoms with Crippen molar-refractivity contribution in [3.8, 4) is 0 Å². The Hall–Kier alpha value is -1.06. The molecule has 0 aliphatic carbocycles. The third kappa shape index (κ3) is 1.73. The van der Waals surface area contributed by atoms with Crippen molar-refractivity contribution in [2.24, 2.45) is 0 Å². The molecule has 4 heteroatoms. The molecular weight excluding hydrogens is 232 g/mol. The fraction of sp³-hybridized carbons (Fsp3) is 0.182. The highest BCUT2D eigenvalue weighted by atomic mass is 35.5. The second-order valence-electron chi connectivity index (χ2n) is 3.21. The number of hydrogen-bond donors (Lipinski definition) is 1. The van der Waals surface area contributed by atoms with Crippen LogP contribution < -0.4 is 0 Å². The Morgan fingerprint density at radius 2 is 2.27 bits per heavy atom. The van der Waals surface area contributed by atoms with Crippen LogP contribution in [0.1, 0.15) is 22.2 Å². The summed E-state index contributed by atoms with van der Waals surface area (Å²) in [6, 6.07) is 5.48. The maximum atomic E-state index is 11.0. The van der Waals surface area contributed by atoms with Crippen molar-refractivity contribution < 1.29 is 9.90 Å². The first-order chi connectivity index (χ1) is 7.13. The fourth-order valence-electron chi connectivity index (χ4n) is 1.64. The summed E-state index contributed by atoms with van der Waals surface area (Å²) in [4.78, 5) is 11.4. The zero-order chi connectivity index (χ0) is 11.0. The molecule has 1 aromatic heterocycles. The molecule has 0 atom stereocenters. The zero-order valence-electron chi connectivity index (χ0n) is 8.08. The fourth-order valence-corrected chi connectivity index (χ4v) is 2.93. The van der Waals surface area contributed by atoms with Gasteiger partial charge >= 0.3 is 5.97 Å². The smallest absolute Gasteiger partial charge is 0.346 e. The van der Waals surface area contributed by atoms with E-state index in [0.717, 1.165) is 15.6 Å². The quantitative estimate of drug-likeness (QED) is 0.867. The van der Waals surface area contributed by atoms with E-state index >= 15 is 0 Å². The van der Waals surface area contributed by atoms with Crippen LogP contribution in [0.5, 0.6) is 0 Å². The summed E-state index contributed by atoms with van der Waals surface area (Å²) in [5.41, 5.74) is 0.880. The van der Waals surface area contributed by atoms with Gasteiger partial charge in [0.1, 0.15) is 4.88 Å². The second kappa shape index (κ2) is 3.83. The van der Waals surface area contributed by atoms with E-state index in [1.54, 1.807) is 6.07 Å². The van der Waals surface area contributed by atoms with E-state index in [2.05, 4.69) is 0 Å². The molecule has 15 heavy (non-hydrogen) atoms. The van der Waals surface area contributed by atoms with Gasteiger partial charge in [-0.15, -0.1) is 11.3 Å². The molecule has 0 saturated carbocycles. The topological polar surface area (TPSA) is 37.3 Å². The molecule has 0 bridgehead atoms. The van der Waals surface area contributed by atoms with Gasteiger partial charge in [0, 0.05) is 9.72 Å². The number of aryl methyl sites for hydroxylation is 1. The summed E-state index contributed by atoms with van der Waals surface area (Å²) in [5.74, 6) is -0.857. The molecule has 1 heterocycles. The van der Waals surface area contributed by atoms with Crippen molar-refractivity contribution in [3.63, 3.8) is 0 Å². The molecule has 78 valence electrons. The van der Waals surface area contributed by atoms with Crippen LogP contribution in [0.15, 0.2) is 18.2 Å². The van der Waals surface area contributed by atoms with Gasteiger partial charge in [0.2, 0.25) is 0 Å². The first-order valence-electron chi connectivity index (χ1n) is 4.57. The highest BCUT2D eigenvalue weighted by Crippen LogP contribution is 2.33. The molecule has 0 radical (unpaired) electrons. The summed E-state index contributed by atoms with van der Waals surface area (Å²) in [7, 11) is 0. The standard InChI is InChI=1S/C11H9ClO2S/c1-2-7-8-5-6(12)3-4-9(8)15-10(7)11(13)14/h3-5H,2H2,1H3,(H,13,14). The number of carboxylic acids is 1. The maximum absolute atomic E-state index is 11.0. The van der Waals surface area contributed by atoms with Crippen molar-refractivity contribution in [3.05, 3.63) is 33.7 Å². The summed E-state index contributed by atoms with van der Waals surface area (Å²) in [5, 5.41) is 10.7. The molecule has 0 fully saturated rings. The van der Waals surface area contributed by atoms with Crippen LogP contribution in [0, 0.1) is 0 Å². The van der Waals surface area contributed by atoms with Crippen LogP contribution >= 0.6 is 22.9 Å². The average Bonchev–Trinajstić information content (AvgIpc) is 2.55. The summed E-state index contributed by atoms with van der Waals surface area (Å²) >= 11 is 7.20. The van der Waals surface area contributed by atoms with E-state index < -0.39 is 5.97 Å². The number of benzene rings is 1. The Morgan fingerprint density at radius 1 is 1.53 bits per heavy atom. The Bertz CT molecular complexity index is 531. The number of halogens is 1. The van der Waals surface area contributed by atoms with Gasteiger partial charge in [-0.05, 0) is 35.6 Å². The lowest BCUT2D eigenvalue weighted by atomic mass is 10.1. The molecule has 2 rings (SSSR count). The number of aromatic carboxylic acids is 1. The number of carboxylic acid groups (broad SMARTS) is 1. The van der Waals surface area contributed by atoms with Crippen molar-refractivity contribution in [2.45, 2.75) is 13.3 Å². The Labute approximate surface area is 96.1 Å². The number of rotatable bonds is 2. The minimum atomic E-state index is -0.857. The highest BCUT2D eigenvalue weighted by Gasteiger charge is 2.16. The molecule has 1 N–H and O–H groups in total. The van der Waals surface area contributed by atoms with E-state index in [1.165, 1.54) is 11.3 Å². The van der Waals surface area contributed by atoms with E-state index in [4.69, 9.17) is 16.7 Å². The van der Waals surface area contributed by atoms with Crippen molar-refractivity contribution >= 4 is 39.0 Å². The molecule has 0 aliphatic rings. The van der Waals surface area contributed by atoms with E-state index in [-0.39, 0.29) is 0 Å². The third-order valence-electron chi connectivity index (χ3n) is 2.30. The Kier molecular flexibility index (Phi) is 2.67. The highest BCUT2D eigenvalue weighted by molar-refractivity contribution is 7.21. The second-order valence-corrected chi connectivity index (χ2v) is 4.70. The molecule has 0 amide bonds. The number of fused-ring (bicyclic) bond motifs is 1. The number of carbonyl (C=O) groups is 1. The first kappa shape index (κ1) is 10.5. The van der Waals surface area contributed by atoms with Gasteiger partial charge in [0.25, 0.3) is 0 Å². The molecule has 0 aliphatic heterocycles. The molecule has 0 unspecified atom stereocenters. The van der Waals surface area contributed by atoms with Crippen molar-refractivity contribution in [2.75, 3.05) is 0 Å². The zero-order valence-corrected chi connectivity index (χ0v) is 9.65. The SMILES string of the molecule is CCc1c(C(=O)O)sc2ccc(Cl)cc12. The van der Waals surface area contributed by atoms with E-state index in [1.807, 2.05) is 19.1 Å². The summed E-state index contributed by atoms with van der Waals surface area (Å²) < 4.78 is 0.980. The molecular formula is C11H9ClO2S. The van der Waals surface area contributed by atoms with Crippen LogP contribution in [0.25, 0.3) is 10.1 Å². The molecule has 2 nitrogen and oxygen atoms in total. The minimum Gasteiger partial charge on any atom is -0.477 e. The summed E-state index contributed by atoms with van der Waals surface area (Å²) in [6.07, 6.45) is 0.710. The predicted molar refractivity (Wildman–Crippen MR) is 63.2 cm³/mol. The van der Waals surface area contributed by atoms with Gasteiger partial charge in [-0.3, -0.25) is 0 Å². The first-order valence-corrected chi connectivity index (χ1v) is 5.77. The van der Waals surface area contributed by atoms with E-state index in [9.17, 15) is 4.79 Å². The van der Waals surface area contributed by atoms with Crippen LogP contribution in [0.2, 0.25) is 5.02 Å². The lowest BCUT2D eigenvalue weighted by Crippen LogP contribution is -1.96. The monoisotopic (exact) mass is 240 g/mol. The van der Waals surface area contributed by atoms with Crippen LogP contribution in [0.4, 0.5) is 0 Å². The predicted octanol–water partition coefficient (Wildman–Crippen LogP) is 3.82. The normalized spacial score (nSPS) is 10.8. The largest absolute Gasteiger partial charge is 0.477 e. The number of thiophene rings is 1. The minimum absolute atomic E-state index is 0.426. The average molecular weight is 241 g/mol. The number of hydrogen-bond acceptors (Lipinski definition) is 2. The summed E-state index contributed by atoms with van der Waals surface area (Å²) in [6.45, 7) is 1.95. The molecule has 1 aromatic carbocycles. The van der Waals surface area contributed by atoms with Crippen LogP contribution in [-0.4, -0.2) is 11.1 Å². The Balaban J connectivity index is 2.79. The van der Waals surface area contributed by atoms with Gasteiger partial charge in [-0.2, -0.15) is 0 Å². The van der Waals surface area contributed by atoms with Crippen molar-refractivity contribution in [1.82, 2.24) is 0 Å². The third-order valence-corrected chi connectivity index (χ3v) is 3.74. The van der Waals surface area contributed by atoms with Gasteiger partial charge in [0.05, 0.1) is 0 Å². The maximum Gasteiger partial charge on any atom is 0.346 e. The van der Waals surface area contributed by atoms with Gasteiger partial charge in [-0.25, -0.2) is 4.79 Å². The molecule has 2 aromatic rings. The van der Waals surface area contributed by atoms with Gasteiger partial charge < -0.3 is 5.11 Å².